The zero-order valence-corrected chi connectivity index (χ0v) is 11.0. The molecule has 0 aliphatic heterocycles. The van der Waals surface area contributed by atoms with Crippen molar-refractivity contribution < 1.29 is 13.2 Å². The Balaban J connectivity index is 1.69. The Morgan fingerprint density at radius 3 is 2.52 bits per heavy atom. The van der Waals surface area contributed by atoms with E-state index in [-0.39, 0.29) is 0 Å². The van der Waals surface area contributed by atoms with Crippen LogP contribution in [-0.4, -0.2) is 4.98 Å². The van der Waals surface area contributed by atoms with Crippen LogP contribution in [0.2, 0.25) is 0 Å². The summed E-state index contributed by atoms with van der Waals surface area (Å²) in [4.78, 5) is 3.95. The van der Waals surface area contributed by atoms with Gasteiger partial charge < -0.3 is 9.73 Å². The molecule has 21 heavy (non-hydrogen) atoms. The average Bonchev–Trinajstić information content (AvgIpc) is 2.98. The molecule has 0 amide bonds. The van der Waals surface area contributed by atoms with Crippen LogP contribution < -0.4 is 5.32 Å². The first-order valence-electron chi connectivity index (χ1n) is 6.40. The Morgan fingerprint density at radius 1 is 0.952 bits per heavy atom. The first kappa shape index (κ1) is 13.3. The maximum Gasteiger partial charge on any atom is 0.160 e. The molecule has 5 heteroatoms. The number of nitrogens with one attached hydrogen (secondary N) is 1. The molecule has 3 aromatic rings. The van der Waals surface area contributed by atoms with Crippen LogP contribution in [0.5, 0.6) is 0 Å². The highest BCUT2D eigenvalue weighted by Crippen LogP contribution is 2.22. The molecule has 0 spiro atoms. The largest absolute Gasteiger partial charge is 0.459 e. The van der Waals surface area contributed by atoms with Crippen molar-refractivity contribution >= 4 is 5.69 Å². The van der Waals surface area contributed by atoms with Gasteiger partial charge in [-0.25, -0.2) is 8.78 Å². The molecule has 0 bridgehead atoms. The lowest BCUT2D eigenvalue weighted by Crippen LogP contribution is -1.99. The molecular formula is C16H12F2N2O. The van der Waals surface area contributed by atoms with E-state index < -0.39 is 11.6 Å². The molecule has 0 aliphatic carbocycles. The zero-order valence-electron chi connectivity index (χ0n) is 11.0. The van der Waals surface area contributed by atoms with Crippen LogP contribution in [0.4, 0.5) is 14.5 Å². The molecule has 3 nitrogen and oxygen atoms in total. The van der Waals surface area contributed by atoms with Gasteiger partial charge in [0.2, 0.25) is 0 Å². The highest BCUT2D eigenvalue weighted by molar-refractivity contribution is 5.56. The number of furan rings is 1. The molecule has 0 atom stereocenters. The van der Waals surface area contributed by atoms with Crippen molar-refractivity contribution in [3.63, 3.8) is 0 Å². The number of hydrogen-bond donors (Lipinski definition) is 1. The normalized spacial score (nSPS) is 10.6. The number of benzene rings is 1. The first-order chi connectivity index (χ1) is 10.2. The molecule has 0 saturated heterocycles. The standard InChI is InChI=1S/C16H12F2N2O/c17-14-3-1-12(9-15(14)18)20-10-13-2-4-16(21-13)11-5-7-19-8-6-11/h1-9,20H,10H2. The molecule has 2 heterocycles. The van der Waals surface area contributed by atoms with Crippen molar-refractivity contribution in [1.82, 2.24) is 4.98 Å². The monoisotopic (exact) mass is 286 g/mol. The number of rotatable bonds is 4. The predicted octanol–water partition coefficient (Wildman–Crippen LogP) is 4.23. The van der Waals surface area contributed by atoms with Gasteiger partial charge >= 0.3 is 0 Å². The van der Waals surface area contributed by atoms with Crippen LogP contribution in [0, 0.1) is 11.6 Å². The summed E-state index contributed by atoms with van der Waals surface area (Å²) < 4.78 is 31.6. The fraction of sp³-hybridized carbons (Fsp3) is 0.0625. The maximum absolute atomic E-state index is 13.1. The molecular weight excluding hydrogens is 274 g/mol. The third kappa shape index (κ3) is 3.08. The van der Waals surface area contributed by atoms with Crippen molar-refractivity contribution in [3.8, 4) is 11.3 Å². The molecule has 0 unspecified atom stereocenters. The number of hydrogen-bond acceptors (Lipinski definition) is 3. The molecule has 3 rings (SSSR count). The lowest BCUT2D eigenvalue weighted by molar-refractivity contribution is 0.508. The van der Waals surface area contributed by atoms with E-state index in [4.69, 9.17) is 4.42 Å². The number of pyridine rings is 1. The molecule has 0 radical (unpaired) electrons. The molecule has 1 aromatic carbocycles. The van der Waals surface area contributed by atoms with E-state index in [1.807, 2.05) is 24.3 Å². The molecule has 2 aromatic heterocycles. The van der Waals surface area contributed by atoms with E-state index in [0.29, 0.717) is 18.0 Å². The molecule has 0 fully saturated rings. The number of halogens is 2. The third-order valence-corrected chi connectivity index (χ3v) is 3.01. The number of aromatic nitrogens is 1. The van der Waals surface area contributed by atoms with E-state index in [1.165, 1.54) is 6.07 Å². The average molecular weight is 286 g/mol. The van der Waals surface area contributed by atoms with Crippen LogP contribution in [0.1, 0.15) is 5.76 Å². The third-order valence-electron chi connectivity index (χ3n) is 3.01. The highest BCUT2D eigenvalue weighted by atomic mass is 19.2. The van der Waals surface area contributed by atoms with Gasteiger partial charge in [0.1, 0.15) is 11.5 Å². The zero-order chi connectivity index (χ0) is 14.7. The fourth-order valence-corrected chi connectivity index (χ4v) is 1.94. The van der Waals surface area contributed by atoms with Crippen molar-refractivity contribution in [2.75, 3.05) is 5.32 Å². The molecule has 0 saturated carbocycles. The summed E-state index contributed by atoms with van der Waals surface area (Å²) in [5.74, 6) is -0.304. The van der Waals surface area contributed by atoms with Gasteiger partial charge in [0, 0.05) is 29.7 Å². The summed E-state index contributed by atoms with van der Waals surface area (Å²) in [7, 11) is 0. The van der Waals surface area contributed by atoms with Crippen molar-refractivity contribution in [3.05, 3.63) is 72.3 Å². The van der Waals surface area contributed by atoms with Gasteiger partial charge in [0.05, 0.1) is 6.54 Å². The SMILES string of the molecule is Fc1ccc(NCc2ccc(-c3ccncc3)o2)cc1F. The van der Waals surface area contributed by atoms with Gasteiger partial charge in [-0.05, 0) is 36.4 Å². The smallest absolute Gasteiger partial charge is 0.160 e. The van der Waals surface area contributed by atoms with Crippen LogP contribution in [-0.2, 0) is 6.54 Å². The lowest BCUT2D eigenvalue weighted by atomic mass is 10.2. The summed E-state index contributed by atoms with van der Waals surface area (Å²) in [5, 5.41) is 2.98. The minimum Gasteiger partial charge on any atom is -0.459 e. The topological polar surface area (TPSA) is 38.1 Å². The molecule has 0 aliphatic rings. The van der Waals surface area contributed by atoms with Crippen molar-refractivity contribution in [2.45, 2.75) is 6.54 Å². The minimum atomic E-state index is -0.878. The second kappa shape index (κ2) is 5.75. The summed E-state index contributed by atoms with van der Waals surface area (Å²) >= 11 is 0. The summed E-state index contributed by atoms with van der Waals surface area (Å²) in [6.07, 6.45) is 3.38. The van der Waals surface area contributed by atoms with E-state index in [0.717, 1.165) is 23.5 Å². The van der Waals surface area contributed by atoms with Crippen LogP contribution >= 0.6 is 0 Å². The summed E-state index contributed by atoms with van der Waals surface area (Å²) in [6.45, 7) is 0.385. The van der Waals surface area contributed by atoms with Gasteiger partial charge in [0.25, 0.3) is 0 Å². The Hall–Kier alpha value is -2.69. The van der Waals surface area contributed by atoms with Crippen LogP contribution in [0.3, 0.4) is 0 Å². The van der Waals surface area contributed by atoms with E-state index in [9.17, 15) is 8.78 Å². The van der Waals surface area contributed by atoms with Gasteiger partial charge in [-0.3, -0.25) is 4.98 Å². The Bertz CT molecular complexity index is 741. The second-order valence-corrected chi connectivity index (χ2v) is 4.48. The van der Waals surface area contributed by atoms with Gasteiger partial charge in [-0.2, -0.15) is 0 Å². The van der Waals surface area contributed by atoms with Gasteiger partial charge in [0.15, 0.2) is 11.6 Å². The molecule has 1 N–H and O–H groups in total. The van der Waals surface area contributed by atoms with Crippen LogP contribution in [0.25, 0.3) is 11.3 Å². The Morgan fingerprint density at radius 2 is 1.76 bits per heavy atom. The Kier molecular flexibility index (Phi) is 3.64. The van der Waals surface area contributed by atoms with Gasteiger partial charge in [-0.1, -0.05) is 0 Å². The van der Waals surface area contributed by atoms with Crippen LogP contribution in [0.15, 0.2) is 59.3 Å². The lowest BCUT2D eigenvalue weighted by Gasteiger charge is -2.04. The predicted molar refractivity (Wildman–Crippen MR) is 75.6 cm³/mol. The van der Waals surface area contributed by atoms with Crippen molar-refractivity contribution in [2.24, 2.45) is 0 Å². The number of anilines is 1. The van der Waals surface area contributed by atoms with Gasteiger partial charge in [-0.15, -0.1) is 0 Å². The number of nitrogens with zero attached hydrogens (tertiary/aromatic N) is 1. The quantitative estimate of drug-likeness (QED) is 0.780. The van der Waals surface area contributed by atoms with Crippen molar-refractivity contribution in [1.29, 1.82) is 0 Å². The molecule has 106 valence electrons. The summed E-state index contributed by atoms with van der Waals surface area (Å²) in [6, 6.07) is 11.1. The second-order valence-electron chi connectivity index (χ2n) is 4.48. The highest BCUT2D eigenvalue weighted by Gasteiger charge is 2.06. The summed E-state index contributed by atoms with van der Waals surface area (Å²) in [5.41, 5.74) is 1.43. The van der Waals surface area contributed by atoms with E-state index in [2.05, 4.69) is 10.3 Å². The minimum absolute atomic E-state index is 0.385. The fourth-order valence-electron chi connectivity index (χ4n) is 1.94. The van der Waals surface area contributed by atoms with E-state index in [1.54, 1.807) is 12.4 Å². The first-order valence-corrected chi connectivity index (χ1v) is 6.40. The van der Waals surface area contributed by atoms with E-state index >= 15 is 0 Å². The Labute approximate surface area is 120 Å². The maximum atomic E-state index is 13.1.